The normalized spacial score (nSPS) is 16.1. The Bertz CT molecular complexity index is 596. The topological polar surface area (TPSA) is 58.3 Å². The van der Waals surface area contributed by atoms with E-state index < -0.39 is 0 Å². The van der Waals surface area contributed by atoms with Crippen molar-refractivity contribution in [2.45, 2.75) is 6.54 Å². The third kappa shape index (κ3) is 3.33. The van der Waals surface area contributed by atoms with Crippen LogP contribution in [0, 0.1) is 0 Å². The number of nitrogens with zero attached hydrogens (tertiary/aromatic N) is 4. The number of piperazine rings is 1. The summed E-state index contributed by atoms with van der Waals surface area (Å²) in [5.41, 5.74) is 7.18. The van der Waals surface area contributed by atoms with Gasteiger partial charge in [-0.15, -0.1) is 0 Å². The molecule has 5 nitrogen and oxygen atoms in total. The summed E-state index contributed by atoms with van der Waals surface area (Å²) >= 11 is 3.48. The maximum atomic E-state index is 5.82. The van der Waals surface area contributed by atoms with Crippen LogP contribution < -0.4 is 10.6 Å². The molecule has 3 rings (SSSR count). The van der Waals surface area contributed by atoms with Gasteiger partial charge in [0.05, 0.1) is 0 Å². The molecule has 2 heterocycles. The lowest BCUT2D eigenvalue weighted by Crippen LogP contribution is -2.46. The maximum Gasteiger partial charge on any atom is 0.148 e. The molecule has 1 aliphatic heterocycles. The molecule has 0 unspecified atom stereocenters. The predicted molar refractivity (Wildman–Crippen MR) is 88.1 cm³/mol. The second-order valence-electron chi connectivity index (χ2n) is 5.15. The number of halogens is 1. The van der Waals surface area contributed by atoms with Crippen molar-refractivity contribution in [3.05, 3.63) is 46.7 Å². The first-order valence-corrected chi connectivity index (χ1v) is 7.80. The zero-order chi connectivity index (χ0) is 14.7. The van der Waals surface area contributed by atoms with E-state index in [9.17, 15) is 0 Å². The molecule has 2 aromatic rings. The molecule has 6 heteroatoms. The van der Waals surface area contributed by atoms with Crippen molar-refractivity contribution in [1.82, 2.24) is 14.9 Å². The Labute approximate surface area is 132 Å². The van der Waals surface area contributed by atoms with Gasteiger partial charge in [-0.25, -0.2) is 9.97 Å². The van der Waals surface area contributed by atoms with Gasteiger partial charge in [0, 0.05) is 32.7 Å². The predicted octanol–water partition coefficient (Wildman–Crippen LogP) is 2.14. The van der Waals surface area contributed by atoms with Crippen LogP contribution in [0.5, 0.6) is 0 Å². The fraction of sp³-hybridized carbons (Fsp3) is 0.333. The molecule has 0 aliphatic carbocycles. The van der Waals surface area contributed by atoms with Gasteiger partial charge in [-0.2, -0.15) is 0 Å². The fourth-order valence-corrected chi connectivity index (χ4v) is 3.01. The summed E-state index contributed by atoms with van der Waals surface area (Å²) in [7, 11) is 0. The molecule has 1 fully saturated rings. The van der Waals surface area contributed by atoms with E-state index in [1.165, 1.54) is 11.9 Å². The van der Waals surface area contributed by atoms with E-state index in [4.69, 9.17) is 5.73 Å². The lowest BCUT2D eigenvalue weighted by molar-refractivity contribution is 0.249. The highest BCUT2D eigenvalue weighted by Gasteiger charge is 2.20. The monoisotopic (exact) mass is 347 g/mol. The Morgan fingerprint density at radius 2 is 1.76 bits per heavy atom. The fourth-order valence-electron chi connectivity index (χ4n) is 2.55. The van der Waals surface area contributed by atoms with E-state index in [1.54, 1.807) is 0 Å². The first kappa shape index (κ1) is 14.3. The Morgan fingerprint density at radius 3 is 2.48 bits per heavy atom. The van der Waals surface area contributed by atoms with E-state index in [2.05, 4.69) is 66.0 Å². The molecule has 0 spiro atoms. The van der Waals surface area contributed by atoms with E-state index in [1.807, 2.05) is 0 Å². The van der Waals surface area contributed by atoms with Crippen LogP contribution in [0.4, 0.5) is 11.6 Å². The van der Waals surface area contributed by atoms with Gasteiger partial charge in [-0.1, -0.05) is 30.3 Å². The van der Waals surface area contributed by atoms with E-state index >= 15 is 0 Å². The number of hydrogen-bond acceptors (Lipinski definition) is 5. The lowest BCUT2D eigenvalue weighted by Gasteiger charge is -2.35. The highest BCUT2D eigenvalue weighted by Crippen LogP contribution is 2.28. The van der Waals surface area contributed by atoms with Crippen LogP contribution in [0.1, 0.15) is 5.56 Å². The zero-order valence-electron chi connectivity index (χ0n) is 11.7. The zero-order valence-corrected chi connectivity index (χ0v) is 13.3. The summed E-state index contributed by atoms with van der Waals surface area (Å²) in [5.74, 6) is 1.38. The number of benzene rings is 1. The second kappa shape index (κ2) is 6.41. The van der Waals surface area contributed by atoms with Gasteiger partial charge < -0.3 is 10.6 Å². The molecule has 2 N–H and O–H groups in total. The van der Waals surface area contributed by atoms with Crippen molar-refractivity contribution >= 4 is 27.6 Å². The number of rotatable bonds is 3. The van der Waals surface area contributed by atoms with Crippen molar-refractivity contribution in [3.8, 4) is 0 Å². The Morgan fingerprint density at radius 1 is 1.05 bits per heavy atom. The summed E-state index contributed by atoms with van der Waals surface area (Å²) in [4.78, 5) is 13.0. The summed E-state index contributed by atoms with van der Waals surface area (Å²) in [6.07, 6.45) is 1.52. The average Bonchev–Trinajstić information content (AvgIpc) is 2.52. The smallest absolute Gasteiger partial charge is 0.148 e. The minimum absolute atomic E-state index is 0.492. The van der Waals surface area contributed by atoms with Gasteiger partial charge in [-0.05, 0) is 21.5 Å². The highest BCUT2D eigenvalue weighted by molar-refractivity contribution is 9.10. The van der Waals surface area contributed by atoms with Crippen LogP contribution in [-0.2, 0) is 6.54 Å². The van der Waals surface area contributed by atoms with Crippen molar-refractivity contribution in [1.29, 1.82) is 0 Å². The molecular weight excluding hydrogens is 330 g/mol. The van der Waals surface area contributed by atoms with Gasteiger partial charge in [0.15, 0.2) is 0 Å². The Hall–Kier alpha value is -1.66. The van der Waals surface area contributed by atoms with Crippen LogP contribution in [0.15, 0.2) is 41.1 Å². The molecular formula is C15H18BrN5. The second-order valence-corrected chi connectivity index (χ2v) is 5.94. The quantitative estimate of drug-likeness (QED) is 0.921. The summed E-state index contributed by atoms with van der Waals surface area (Å²) < 4.78 is 0.793. The minimum atomic E-state index is 0.492. The molecule has 1 saturated heterocycles. The van der Waals surface area contributed by atoms with Crippen LogP contribution in [0.3, 0.4) is 0 Å². The lowest BCUT2D eigenvalue weighted by atomic mass is 10.2. The largest absolute Gasteiger partial charge is 0.383 e. The van der Waals surface area contributed by atoms with Gasteiger partial charge in [0.2, 0.25) is 0 Å². The third-order valence-electron chi connectivity index (χ3n) is 3.72. The molecule has 0 bridgehead atoms. The van der Waals surface area contributed by atoms with Crippen LogP contribution in [0.2, 0.25) is 0 Å². The number of anilines is 2. The standard InChI is InChI=1S/C15H18BrN5/c16-13-14(17)18-11-19-15(13)21-8-6-20(7-9-21)10-12-4-2-1-3-5-12/h1-5,11H,6-10H2,(H2,17,18,19). The van der Waals surface area contributed by atoms with Gasteiger partial charge in [-0.3, -0.25) is 4.90 Å². The average molecular weight is 348 g/mol. The molecule has 0 amide bonds. The van der Waals surface area contributed by atoms with Crippen molar-refractivity contribution in [2.75, 3.05) is 36.8 Å². The molecule has 21 heavy (non-hydrogen) atoms. The van der Waals surface area contributed by atoms with Gasteiger partial charge >= 0.3 is 0 Å². The summed E-state index contributed by atoms with van der Waals surface area (Å²) in [6.45, 7) is 4.93. The van der Waals surface area contributed by atoms with Gasteiger partial charge in [0.1, 0.15) is 22.4 Å². The summed E-state index contributed by atoms with van der Waals surface area (Å²) in [5, 5.41) is 0. The maximum absolute atomic E-state index is 5.82. The van der Waals surface area contributed by atoms with E-state index in [0.717, 1.165) is 43.0 Å². The number of nitrogens with two attached hydrogens (primary N) is 1. The third-order valence-corrected chi connectivity index (χ3v) is 4.48. The van der Waals surface area contributed by atoms with E-state index in [0.29, 0.717) is 5.82 Å². The first-order valence-electron chi connectivity index (χ1n) is 7.01. The number of aromatic nitrogens is 2. The van der Waals surface area contributed by atoms with Gasteiger partial charge in [0.25, 0.3) is 0 Å². The molecule has 1 aliphatic rings. The number of hydrogen-bond donors (Lipinski definition) is 1. The Kier molecular flexibility index (Phi) is 4.36. The number of nitrogen functional groups attached to an aromatic ring is 1. The molecule has 0 radical (unpaired) electrons. The molecule has 1 aromatic heterocycles. The van der Waals surface area contributed by atoms with Crippen molar-refractivity contribution in [3.63, 3.8) is 0 Å². The Balaban J connectivity index is 1.61. The summed E-state index contributed by atoms with van der Waals surface area (Å²) in [6, 6.07) is 10.6. The molecule has 0 atom stereocenters. The van der Waals surface area contributed by atoms with Crippen LogP contribution in [-0.4, -0.2) is 41.0 Å². The minimum Gasteiger partial charge on any atom is -0.383 e. The first-order chi connectivity index (χ1) is 10.2. The molecule has 1 aromatic carbocycles. The molecule has 110 valence electrons. The van der Waals surface area contributed by atoms with E-state index in [-0.39, 0.29) is 0 Å². The van der Waals surface area contributed by atoms with Crippen LogP contribution >= 0.6 is 15.9 Å². The van der Waals surface area contributed by atoms with Crippen LogP contribution in [0.25, 0.3) is 0 Å². The SMILES string of the molecule is Nc1ncnc(N2CCN(Cc3ccccc3)CC2)c1Br. The molecule has 0 saturated carbocycles. The van der Waals surface area contributed by atoms with Crippen molar-refractivity contribution < 1.29 is 0 Å². The van der Waals surface area contributed by atoms with Crippen molar-refractivity contribution in [2.24, 2.45) is 0 Å². The highest BCUT2D eigenvalue weighted by atomic mass is 79.9.